The third-order valence-electron chi connectivity index (χ3n) is 2.04. The van der Waals surface area contributed by atoms with Gasteiger partial charge >= 0.3 is 0 Å². The average molecular weight is 205 g/mol. The van der Waals surface area contributed by atoms with Crippen LogP contribution in [0.3, 0.4) is 0 Å². The van der Waals surface area contributed by atoms with E-state index in [1.807, 2.05) is 19.1 Å². The molecule has 3 heteroatoms. The molecule has 0 aliphatic heterocycles. The van der Waals surface area contributed by atoms with Crippen LogP contribution in [0.2, 0.25) is 0 Å². The van der Waals surface area contributed by atoms with Gasteiger partial charge in [0.15, 0.2) is 0 Å². The molecule has 15 heavy (non-hydrogen) atoms. The van der Waals surface area contributed by atoms with Gasteiger partial charge in [-0.2, -0.15) is 0 Å². The summed E-state index contributed by atoms with van der Waals surface area (Å²) in [6.45, 7) is 3.55. The smallest absolute Gasteiger partial charge is 0.251 e. The van der Waals surface area contributed by atoms with Gasteiger partial charge in [-0.05, 0) is 26.3 Å². The number of Topliss-reactive ketones (excluding diaryl/α,β-unsaturated/α-hetero) is 1. The van der Waals surface area contributed by atoms with Crippen LogP contribution >= 0.6 is 0 Å². The molecule has 0 spiro atoms. The molecule has 0 aromatic carbocycles. The van der Waals surface area contributed by atoms with Crippen LogP contribution < -0.4 is 5.32 Å². The number of amides is 1. The molecule has 1 aliphatic carbocycles. The van der Waals surface area contributed by atoms with E-state index >= 15 is 0 Å². The highest BCUT2D eigenvalue weighted by Crippen LogP contribution is 2.10. The van der Waals surface area contributed by atoms with Crippen molar-refractivity contribution in [2.75, 3.05) is 6.54 Å². The van der Waals surface area contributed by atoms with Crippen molar-refractivity contribution in [3.05, 3.63) is 35.5 Å². The average Bonchev–Trinajstić information content (AvgIpc) is 2.39. The first kappa shape index (κ1) is 11.4. The molecule has 0 fully saturated rings. The molecule has 1 aliphatic rings. The SMILES string of the molecule is CC(=O)CNC(=O)C1=CC=C(C)CC=C1. The summed E-state index contributed by atoms with van der Waals surface area (Å²) in [5, 5.41) is 2.56. The molecular weight excluding hydrogens is 190 g/mol. The third-order valence-corrected chi connectivity index (χ3v) is 2.04. The maximum Gasteiger partial charge on any atom is 0.251 e. The molecule has 1 N–H and O–H groups in total. The van der Waals surface area contributed by atoms with Crippen molar-refractivity contribution in [3.8, 4) is 0 Å². The van der Waals surface area contributed by atoms with Crippen molar-refractivity contribution in [1.82, 2.24) is 5.32 Å². The fraction of sp³-hybridized carbons (Fsp3) is 0.333. The second-order valence-electron chi connectivity index (χ2n) is 3.63. The van der Waals surface area contributed by atoms with Crippen LogP contribution in [-0.4, -0.2) is 18.2 Å². The molecule has 0 saturated carbocycles. The lowest BCUT2D eigenvalue weighted by Gasteiger charge is -2.02. The van der Waals surface area contributed by atoms with E-state index in [1.54, 1.807) is 12.2 Å². The summed E-state index contributed by atoms with van der Waals surface area (Å²) in [4.78, 5) is 22.2. The van der Waals surface area contributed by atoms with E-state index in [0.29, 0.717) is 5.57 Å². The highest BCUT2D eigenvalue weighted by molar-refractivity contribution is 5.98. The number of hydrogen-bond donors (Lipinski definition) is 1. The first-order valence-corrected chi connectivity index (χ1v) is 4.91. The maximum atomic E-state index is 11.5. The normalized spacial score (nSPS) is 15.1. The van der Waals surface area contributed by atoms with E-state index in [2.05, 4.69) is 5.32 Å². The first-order chi connectivity index (χ1) is 7.09. The Labute approximate surface area is 89.6 Å². The molecule has 0 bridgehead atoms. The van der Waals surface area contributed by atoms with Crippen molar-refractivity contribution in [2.24, 2.45) is 0 Å². The Balaban J connectivity index is 2.63. The molecule has 0 aromatic heterocycles. The molecule has 0 heterocycles. The summed E-state index contributed by atoms with van der Waals surface area (Å²) in [5.41, 5.74) is 1.80. The molecule has 0 saturated heterocycles. The fourth-order valence-corrected chi connectivity index (χ4v) is 1.19. The van der Waals surface area contributed by atoms with Crippen LogP contribution in [-0.2, 0) is 9.59 Å². The Bertz CT molecular complexity index is 362. The standard InChI is InChI=1S/C12H15NO2/c1-9-4-3-5-11(7-6-9)12(15)13-8-10(2)14/h3,5-7H,4,8H2,1-2H3,(H,13,15). The summed E-state index contributed by atoms with van der Waals surface area (Å²) in [5.74, 6) is -0.249. The molecule has 1 amide bonds. The van der Waals surface area contributed by atoms with E-state index in [9.17, 15) is 9.59 Å². The lowest BCUT2D eigenvalue weighted by molar-refractivity contribution is -0.121. The van der Waals surface area contributed by atoms with Crippen molar-refractivity contribution < 1.29 is 9.59 Å². The number of nitrogens with one attached hydrogen (secondary N) is 1. The summed E-state index contributed by atoms with van der Waals surface area (Å²) in [6.07, 6.45) is 8.28. The third kappa shape index (κ3) is 3.94. The lowest BCUT2D eigenvalue weighted by Crippen LogP contribution is -2.28. The zero-order valence-electron chi connectivity index (χ0n) is 9.04. The lowest BCUT2D eigenvalue weighted by atomic mass is 10.2. The molecule has 0 radical (unpaired) electrons. The van der Waals surface area contributed by atoms with Gasteiger partial charge in [-0.25, -0.2) is 0 Å². The van der Waals surface area contributed by atoms with Crippen LogP contribution in [0.4, 0.5) is 0 Å². The van der Waals surface area contributed by atoms with E-state index in [-0.39, 0.29) is 18.2 Å². The highest BCUT2D eigenvalue weighted by atomic mass is 16.2. The Kier molecular flexibility index (Phi) is 4.03. The Morgan fingerprint density at radius 3 is 2.80 bits per heavy atom. The minimum Gasteiger partial charge on any atom is -0.345 e. The predicted molar refractivity (Wildman–Crippen MR) is 59.3 cm³/mol. The molecule has 0 aromatic rings. The summed E-state index contributed by atoms with van der Waals surface area (Å²) in [6, 6.07) is 0. The molecule has 3 nitrogen and oxygen atoms in total. The zero-order chi connectivity index (χ0) is 11.3. The van der Waals surface area contributed by atoms with Crippen LogP contribution in [0.25, 0.3) is 0 Å². The van der Waals surface area contributed by atoms with Gasteiger partial charge in [-0.1, -0.05) is 23.8 Å². The van der Waals surface area contributed by atoms with E-state index in [0.717, 1.165) is 6.42 Å². The molecule has 0 atom stereocenters. The van der Waals surface area contributed by atoms with Gasteiger partial charge in [-0.3, -0.25) is 9.59 Å². The molecule has 0 unspecified atom stereocenters. The minimum absolute atomic E-state index is 0.0479. The second kappa shape index (κ2) is 5.29. The highest BCUT2D eigenvalue weighted by Gasteiger charge is 2.07. The van der Waals surface area contributed by atoms with E-state index < -0.39 is 0 Å². The largest absolute Gasteiger partial charge is 0.345 e. The van der Waals surface area contributed by atoms with E-state index in [4.69, 9.17) is 0 Å². The molecule has 80 valence electrons. The van der Waals surface area contributed by atoms with Crippen LogP contribution in [0.1, 0.15) is 20.3 Å². The summed E-state index contributed by atoms with van der Waals surface area (Å²) in [7, 11) is 0. The number of hydrogen-bond acceptors (Lipinski definition) is 2. The van der Waals surface area contributed by atoms with Crippen molar-refractivity contribution in [1.29, 1.82) is 0 Å². The minimum atomic E-state index is -0.201. The van der Waals surface area contributed by atoms with Gasteiger partial charge in [0, 0.05) is 5.57 Å². The monoisotopic (exact) mass is 205 g/mol. The zero-order valence-corrected chi connectivity index (χ0v) is 9.04. The van der Waals surface area contributed by atoms with Crippen LogP contribution in [0.5, 0.6) is 0 Å². The Morgan fingerprint density at radius 2 is 2.13 bits per heavy atom. The molecule has 1 rings (SSSR count). The number of rotatable bonds is 3. The Hall–Kier alpha value is -1.64. The van der Waals surface area contributed by atoms with Crippen molar-refractivity contribution in [3.63, 3.8) is 0 Å². The van der Waals surface area contributed by atoms with Gasteiger partial charge in [0.1, 0.15) is 5.78 Å². The maximum absolute atomic E-state index is 11.5. The van der Waals surface area contributed by atoms with Crippen molar-refractivity contribution >= 4 is 11.7 Å². The van der Waals surface area contributed by atoms with Crippen LogP contribution in [0.15, 0.2) is 35.5 Å². The summed E-state index contributed by atoms with van der Waals surface area (Å²) >= 11 is 0. The van der Waals surface area contributed by atoms with E-state index in [1.165, 1.54) is 12.5 Å². The first-order valence-electron chi connectivity index (χ1n) is 4.91. The second-order valence-corrected chi connectivity index (χ2v) is 3.63. The van der Waals surface area contributed by atoms with Gasteiger partial charge in [0.2, 0.25) is 0 Å². The number of ketones is 1. The van der Waals surface area contributed by atoms with Gasteiger partial charge < -0.3 is 5.32 Å². The Morgan fingerprint density at radius 1 is 1.40 bits per heavy atom. The van der Waals surface area contributed by atoms with Gasteiger partial charge in [-0.15, -0.1) is 0 Å². The number of allylic oxidation sites excluding steroid dienone is 4. The van der Waals surface area contributed by atoms with Crippen molar-refractivity contribution in [2.45, 2.75) is 20.3 Å². The van der Waals surface area contributed by atoms with Crippen LogP contribution in [0, 0.1) is 0 Å². The van der Waals surface area contributed by atoms with Gasteiger partial charge in [0.05, 0.1) is 6.54 Å². The number of carbonyl (C=O) groups is 2. The fourth-order valence-electron chi connectivity index (χ4n) is 1.19. The number of carbonyl (C=O) groups excluding carboxylic acids is 2. The summed E-state index contributed by atoms with van der Waals surface area (Å²) < 4.78 is 0. The quantitative estimate of drug-likeness (QED) is 0.759. The molecular formula is C12H15NO2. The topological polar surface area (TPSA) is 46.2 Å². The van der Waals surface area contributed by atoms with Gasteiger partial charge in [0.25, 0.3) is 5.91 Å². The predicted octanol–water partition coefficient (Wildman–Crippen LogP) is 1.52.